The number of cyclic esters (lactones) is 1. The van der Waals surface area contributed by atoms with Gasteiger partial charge in [0, 0.05) is 68.1 Å². The topological polar surface area (TPSA) is 276 Å². The zero-order valence-electron chi connectivity index (χ0n) is 42.0. The van der Waals surface area contributed by atoms with Crippen LogP contribution in [0.15, 0.2) is 30.3 Å². The molecule has 1 aliphatic carbocycles. The number of nitrogens with one attached hydrogen (secondary N) is 5. The summed E-state index contributed by atoms with van der Waals surface area (Å²) in [4.78, 5) is 144. The van der Waals surface area contributed by atoms with Gasteiger partial charge in [-0.1, -0.05) is 43.2 Å². The number of amides is 7. The number of rotatable bonds is 16. The number of ketones is 2. The molecule has 7 amide bonds. The monoisotopic (exact) mass is 1050 g/mol. The Morgan fingerprint density at radius 1 is 0.849 bits per heavy atom. The van der Waals surface area contributed by atoms with Gasteiger partial charge in [0.25, 0.3) is 5.91 Å². The second-order valence-electron chi connectivity index (χ2n) is 20.0. The van der Waals surface area contributed by atoms with E-state index in [0.717, 1.165) is 16.7 Å². The second kappa shape index (κ2) is 27.8. The van der Waals surface area contributed by atoms with Crippen molar-refractivity contribution < 1.29 is 52.7 Å². The number of benzene rings is 1. The van der Waals surface area contributed by atoms with E-state index >= 15 is 0 Å². The summed E-state index contributed by atoms with van der Waals surface area (Å²) in [6, 6.07) is 1.37. The molecule has 4 fully saturated rings. The molecule has 73 heavy (non-hydrogen) atoms. The highest BCUT2D eigenvalue weighted by molar-refractivity contribution is 7.99. The van der Waals surface area contributed by atoms with Crippen LogP contribution in [0.3, 0.4) is 0 Å². The van der Waals surface area contributed by atoms with Crippen LogP contribution in [0.4, 0.5) is 0 Å². The Morgan fingerprint density at radius 3 is 2.27 bits per heavy atom. The van der Waals surface area contributed by atoms with E-state index < -0.39 is 108 Å². The predicted octanol–water partition coefficient (Wildman–Crippen LogP) is 0.646. The maximum atomic E-state index is 14.5. The molecule has 1 aromatic carbocycles. The van der Waals surface area contributed by atoms with Gasteiger partial charge < -0.3 is 46.4 Å². The summed E-state index contributed by atoms with van der Waals surface area (Å²) in [6.07, 6.45) is 5.16. The lowest BCUT2D eigenvalue weighted by Gasteiger charge is -2.30. The molecule has 22 heteroatoms. The number of ether oxygens (including phenoxy) is 1. The lowest BCUT2D eigenvalue weighted by Crippen LogP contribution is -2.56. The Balaban J connectivity index is 1.29. The highest BCUT2D eigenvalue weighted by atomic mass is 32.2. The van der Waals surface area contributed by atoms with Crippen molar-refractivity contribution in [2.75, 3.05) is 64.3 Å². The van der Waals surface area contributed by atoms with E-state index in [9.17, 15) is 47.9 Å². The molecule has 5 aliphatic rings. The molecule has 7 N–H and O–H groups in total. The fourth-order valence-electron chi connectivity index (χ4n) is 10.3. The number of Topliss-reactive ketones (excluding diaryl/α,β-unsaturated/α-hetero) is 2. The number of hydrogen-bond donors (Lipinski definition) is 7. The van der Waals surface area contributed by atoms with Crippen LogP contribution in [0.5, 0.6) is 0 Å². The van der Waals surface area contributed by atoms with E-state index in [1.165, 1.54) is 9.80 Å². The molecule has 0 radical (unpaired) electrons. The quantitative estimate of drug-likeness (QED) is 0.0681. The molecule has 4 saturated heterocycles. The van der Waals surface area contributed by atoms with E-state index in [-0.39, 0.29) is 75.7 Å². The zero-order valence-corrected chi connectivity index (χ0v) is 43.7. The number of nitrogens with two attached hydrogens (primary N) is 1. The number of primary amides is 1. The molecule has 6 rings (SSSR count). The molecule has 1 unspecified atom stereocenters. The van der Waals surface area contributed by atoms with Crippen LogP contribution in [-0.4, -0.2) is 174 Å². The van der Waals surface area contributed by atoms with Gasteiger partial charge in [0.05, 0.1) is 24.5 Å². The standard InChI is InChI=1S/C51H73N9O11S2/c1-58(2)20-8-6-13-33-24-42(61)38(28-72)55-44(63)26-36(50(69)60-22-10-16-41(60)46(52)65)56-47(66)34(12-5-7-19-53-49(68)39-29-73-30-54-39)25-43(62)40-15-9-21-59(40)45(64)27-71-51(70)37(57-48(33)67)23-32-18-17-31-11-3-4-14-35(31)32/h3-4,11,14,18,33-34,36-41,54,72H,5-10,12-13,15-17,19-30H2,1-2H3,(H2,52,65)(H,53,68)(H,55,63)(H,56,66)(H,57,67)/t33-,34-,36+,37+,38+,39?,40+,41+/m1/s1. The summed E-state index contributed by atoms with van der Waals surface area (Å²) in [5, 5.41) is 14.3. The summed E-state index contributed by atoms with van der Waals surface area (Å²) in [7, 11) is 3.84. The Bertz CT molecular complexity index is 2240. The lowest BCUT2D eigenvalue weighted by molar-refractivity contribution is -0.155. The van der Waals surface area contributed by atoms with Crippen molar-refractivity contribution in [3.63, 3.8) is 0 Å². The molecular weight excluding hydrogens is 979 g/mol. The summed E-state index contributed by atoms with van der Waals surface area (Å²) in [6.45, 7) is 0.601. The number of likely N-dealkylation sites (tertiary alicyclic amines) is 1. The van der Waals surface area contributed by atoms with Crippen LogP contribution < -0.4 is 32.3 Å². The molecule has 0 saturated carbocycles. The number of thiol groups is 1. The minimum absolute atomic E-state index is 0.0292. The molecule has 20 nitrogen and oxygen atoms in total. The molecule has 4 aliphatic heterocycles. The summed E-state index contributed by atoms with van der Waals surface area (Å²) in [5.41, 5.74) is 8.43. The molecule has 0 bridgehead atoms. The number of thioether (sulfide) groups is 1. The zero-order chi connectivity index (χ0) is 52.6. The van der Waals surface area contributed by atoms with Gasteiger partial charge in [-0.15, -0.1) is 11.8 Å². The number of unbranched alkanes of at least 4 members (excludes halogenated alkanes) is 2. The van der Waals surface area contributed by atoms with E-state index in [4.69, 9.17) is 10.5 Å². The van der Waals surface area contributed by atoms with E-state index in [1.54, 1.807) is 11.8 Å². The van der Waals surface area contributed by atoms with Gasteiger partial charge in [0.1, 0.15) is 18.1 Å². The molecule has 400 valence electrons. The van der Waals surface area contributed by atoms with E-state index in [1.807, 2.05) is 49.3 Å². The SMILES string of the molecule is CN(C)CCCC[C@@H]1CC(=O)[C@H](CS)NC(=O)C[C@@H](C(=O)N2CCC[C@H]2C(N)=O)NC(=O)[C@H](CCCCNC(=O)C2CSCN2)CC(=O)[C@@H]2CCCN2C(=O)COC(=O)[C@H](CC2=CCc3ccccc32)NC1=O. The first-order valence-corrected chi connectivity index (χ1v) is 27.5. The summed E-state index contributed by atoms with van der Waals surface area (Å²) >= 11 is 6.01. The highest BCUT2D eigenvalue weighted by Crippen LogP contribution is 2.31. The molecule has 8 atom stereocenters. The number of fused-ring (bicyclic) bond motifs is 2. The Hall–Kier alpha value is -5.32. The van der Waals surface area contributed by atoms with Crippen molar-refractivity contribution in [2.24, 2.45) is 17.6 Å². The van der Waals surface area contributed by atoms with Crippen LogP contribution in [0.25, 0.3) is 5.57 Å². The number of allylic oxidation sites excluding steroid dienone is 1. The summed E-state index contributed by atoms with van der Waals surface area (Å²) < 4.78 is 5.68. The fourth-order valence-corrected chi connectivity index (χ4v) is 11.5. The molecule has 0 aromatic heterocycles. The number of hydrogen-bond acceptors (Lipinski definition) is 15. The van der Waals surface area contributed by atoms with Gasteiger partial charge >= 0.3 is 5.97 Å². The maximum Gasteiger partial charge on any atom is 0.329 e. The van der Waals surface area contributed by atoms with Gasteiger partial charge in [-0.25, -0.2) is 4.79 Å². The lowest BCUT2D eigenvalue weighted by atomic mass is 9.91. The average Bonchev–Trinajstić information content (AvgIpc) is 4.22. The smallest absolute Gasteiger partial charge is 0.329 e. The number of esters is 1. The third-order valence-corrected chi connectivity index (χ3v) is 15.7. The first-order valence-electron chi connectivity index (χ1n) is 25.7. The van der Waals surface area contributed by atoms with Crippen molar-refractivity contribution >= 4 is 88.8 Å². The van der Waals surface area contributed by atoms with Crippen molar-refractivity contribution in [1.29, 1.82) is 0 Å². The fraction of sp³-hybridized carbons (Fsp3) is 0.647. The van der Waals surface area contributed by atoms with Gasteiger partial charge in [-0.2, -0.15) is 12.6 Å². The first-order chi connectivity index (χ1) is 35.0. The normalized spacial score (nSPS) is 27.0. The third-order valence-electron chi connectivity index (χ3n) is 14.4. The van der Waals surface area contributed by atoms with Gasteiger partial charge in [0.15, 0.2) is 18.2 Å². The number of carbonyl (C=O) groups is 10. The van der Waals surface area contributed by atoms with E-state index in [0.29, 0.717) is 69.7 Å². The number of nitrogens with zero attached hydrogens (tertiary/aromatic N) is 3. The minimum atomic E-state index is -1.55. The largest absolute Gasteiger partial charge is 0.454 e. The van der Waals surface area contributed by atoms with Crippen LogP contribution in [-0.2, 0) is 59.1 Å². The van der Waals surface area contributed by atoms with Gasteiger partial charge in [-0.3, -0.25) is 48.5 Å². The average molecular weight is 1050 g/mol. The molecule has 0 spiro atoms. The molecule has 1 aromatic rings. The maximum absolute atomic E-state index is 14.5. The van der Waals surface area contributed by atoms with Crippen LogP contribution in [0, 0.1) is 11.8 Å². The Labute approximate surface area is 437 Å². The first kappa shape index (κ1) is 57.0. The second-order valence-corrected chi connectivity index (χ2v) is 21.4. The Kier molecular flexibility index (Phi) is 21.7. The minimum Gasteiger partial charge on any atom is -0.454 e. The van der Waals surface area contributed by atoms with Gasteiger partial charge in [-0.05, 0) is 95.1 Å². The van der Waals surface area contributed by atoms with Crippen molar-refractivity contribution in [3.8, 4) is 0 Å². The molecular formula is C51H73N9O11S2. The van der Waals surface area contributed by atoms with Crippen molar-refractivity contribution in [3.05, 3.63) is 41.5 Å². The van der Waals surface area contributed by atoms with Crippen molar-refractivity contribution in [1.82, 2.24) is 41.3 Å². The Morgan fingerprint density at radius 2 is 1.56 bits per heavy atom. The highest BCUT2D eigenvalue weighted by Gasteiger charge is 2.41. The van der Waals surface area contributed by atoms with Crippen molar-refractivity contribution in [2.45, 2.75) is 133 Å². The molecule has 4 heterocycles. The number of carbonyl (C=O) groups excluding carboxylic acids is 10. The van der Waals surface area contributed by atoms with Crippen LogP contribution >= 0.6 is 24.4 Å². The van der Waals surface area contributed by atoms with Crippen LogP contribution in [0.2, 0.25) is 0 Å². The van der Waals surface area contributed by atoms with Gasteiger partial charge in [0.2, 0.25) is 35.4 Å². The summed E-state index contributed by atoms with van der Waals surface area (Å²) in [5.74, 6) is -7.15. The van der Waals surface area contributed by atoms with Crippen LogP contribution in [0.1, 0.15) is 101 Å². The third kappa shape index (κ3) is 16.1. The van der Waals surface area contributed by atoms with E-state index in [2.05, 4.69) is 39.2 Å². The predicted molar refractivity (Wildman–Crippen MR) is 276 cm³/mol.